The lowest BCUT2D eigenvalue weighted by Crippen LogP contribution is -2.48. The number of carbonyl (C=O) groups is 2. The molecule has 0 atom stereocenters. The van der Waals surface area contributed by atoms with Crippen LogP contribution in [-0.2, 0) is 4.79 Å². The molecule has 0 bridgehead atoms. The second kappa shape index (κ2) is 6.80. The standard InChI is InChI=1S/C18H31N3O2/c1-14(2)9-12-20(15-7-8-15)13-21-16(22)18(19-17(21)23)10-5-3-4-6-11-18/h14-15H,3-13H2,1-2H3,(H,19,23). The summed E-state index contributed by atoms with van der Waals surface area (Å²) in [7, 11) is 0. The summed E-state index contributed by atoms with van der Waals surface area (Å²) in [6.07, 6.45) is 9.57. The van der Waals surface area contributed by atoms with Crippen molar-refractivity contribution in [2.45, 2.75) is 83.2 Å². The maximum Gasteiger partial charge on any atom is 0.326 e. The highest BCUT2D eigenvalue weighted by molar-refractivity contribution is 6.07. The number of imide groups is 1. The van der Waals surface area contributed by atoms with Crippen LogP contribution < -0.4 is 5.32 Å². The van der Waals surface area contributed by atoms with E-state index in [1.54, 1.807) is 0 Å². The van der Waals surface area contributed by atoms with E-state index >= 15 is 0 Å². The van der Waals surface area contributed by atoms with E-state index in [-0.39, 0.29) is 11.9 Å². The van der Waals surface area contributed by atoms with E-state index in [1.165, 1.54) is 30.6 Å². The lowest BCUT2D eigenvalue weighted by molar-refractivity contribution is -0.133. The smallest absolute Gasteiger partial charge is 0.323 e. The van der Waals surface area contributed by atoms with Crippen molar-refractivity contribution in [2.75, 3.05) is 13.2 Å². The first-order valence-corrected chi connectivity index (χ1v) is 9.40. The molecule has 3 aliphatic rings. The molecule has 1 spiro atoms. The summed E-state index contributed by atoms with van der Waals surface area (Å²) in [4.78, 5) is 29.3. The number of nitrogens with zero attached hydrogens (tertiary/aromatic N) is 2. The number of rotatable bonds is 6. The third-order valence-electron chi connectivity index (χ3n) is 5.58. The molecular formula is C18H31N3O2. The fourth-order valence-electron chi connectivity index (χ4n) is 3.89. The van der Waals surface area contributed by atoms with E-state index in [1.807, 2.05) is 0 Å². The summed E-state index contributed by atoms with van der Waals surface area (Å²) in [6.45, 7) is 5.90. The molecule has 3 rings (SSSR count). The Kier molecular flexibility index (Phi) is 4.95. The van der Waals surface area contributed by atoms with Gasteiger partial charge in [-0.15, -0.1) is 0 Å². The van der Waals surface area contributed by atoms with Gasteiger partial charge in [-0.05, 0) is 38.0 Å². The molecule has 1 N–H and O–H groups in total. The molecule has 3 amide bonds. The molecule has 0 aromatic heterocycles. The fourth-order valence-corrected chi connectivity index (χ4v) is 3.89. The van der Waals surface area contributed by atoms with Crippen molar-refractivity contribution in [1.29, 1.82) is 0 Å². The monoisotopic (exact) mass is 321 g/mol. The zero-order valence-corrected chi connectivity index (χ0v) is 14.6. The highest BCUT2D eigenvalue weighted by atomic mass is 16.2. The average Bonchev–Trinajstić information content (AvgIpc) is 3.31. The molecule has 1 aliphatic heterocycles. The van der Waals surface area contributed by atoms with Crippen molar-refractivity contribution < 1.29 is 9.59 Å². The summed E-state index contributed by atoms with van der Waals surface area (Å²) in [5.41, 5.74) is -0.596. The van der Waals surface area contributed by atoms with E-state index in [0.29, 0.717) is 18.6 Å². The Hall–Kier alpha value is -1.10. The van der Waals surface area contributed by atoms with Crippen molar-refractivity contribution in [3.8, 4) is 0 Å². The fraction of sp³-hybridized carbons (Fsp3) is 0.889. The summed E-state index contributed by atoms with van der Waals surface area (Å²) < 4.78 is 0. The summed E-state index contributed by atoms with van der Waals surface area (Å²) >= 11 is 0. The topological polar surface area (TPSA) is 52.6 Å². The number of hydrogen-bond acceptors (Lipinski definition) is 3. The maximum absolute atomic E-state index is 13.0. The Labute approximate surface area is 139 Å². The van der Waals surface area contributed by atoms with E-state index < -0.39 is 5.54 Å². The molecular weight excluding hydrogens is 290 g/mol. The van der Waals surface area contributed by atoms with Gasteiger partial charge in [0, 0.05) is 12.6 Å². The molecule has 5 heteroatoms. The normalized spacial score (nSPS) is 24.6. The Bertz CT molecular complexity index is 451. The van der Waals surface area contributed by atoms with Gasteiger partial charge in [0.25, 0.3) is 5.91 Å². The highest BCUT2D eigenvalue weighted by Gasteiger charge is 2.51. The molecule has 5 nitrogen and oxygen atoms in total. The quantitative estimate of drug-likeness (QED) is 0.765. The highest BCUT2D eigenvalue weighted by Crippen LogP contribution is 2.34. The van der Waals surface area contributed by atoms with Crippen LogP contribution in [0.25, 0.3) is 0 Å². The second-order valence-electron chi connectivity index (χ2n) is 8.03. The van der Waals surface area contributed by atoms with Crippen LogP contribution in [0.1, 0.15) is 71.6 Å². The van der Waals surface area contributed by atoms with Crippen LogP contribution in [0, 0.1) is 5.92 Å². The van der Waals surface area contributed by atoms with Crippen molar-refractivity contribution in [1.82, 2.24) is 15.1 Å². The van der Waals surface area contributed by atoms with Crippen LogP contribution >= 0.6 is 0 Å². The number of hydrogen-bond donors (Lipinski definition) is 1. The van der Waals surface area contributed by atoms with Crippen LogP contribution in [0.3, 0.4) is 0 Å². The second-order valence-corrected chi connectivity index (χ2v) is 8.03. The van der Waals surface area contributed by atoms with Crippen molar-refractivity contribution in [3.63, 3.8) is 0 Å². The van der Waals surface area contributed by atoms with Crippen molar-refractivity contribution >= 4 is 11.9 Å². The molecule has 0 unspecified atom stereocenters. The molecule has 23 heavy (non-hydrogen) atoms. The van der Waals surface area contributed by atoms with Gasteiger partial charge in [0.1, 0.15) is 5.54 Å². The molecule has 3 fully saturated rings. The zero-order valence-electron chi connectivity index (χ0n) is 14.6. The molecule has 0 radical (unpaired) electrons. The van der Waals surface area contributed by atoms with Gasteiger partial charge < -0.3 is 5.32 Å². The molecule has 1 saturated heterocycles. The van der Waals surface area contributed by atoms with E-state index in [2.05, 4.69) is 24.1 Å². The maximum atomic E-state index is 13.0. The van der Waals surface area contributed by atoms with Crippen LogP contribution in [0.5, 0.6) is 0 Å². The summed E-state index contributed by atoms with van der Waals surface area (Å²) in [6, 6.07) is 0.395. The number of amides is 3. The molecule has 2 saturated carbocycles. The van der Waals surface area contributed by atoms with Gasteiger partial charge in [-0.2, -0.15) is 0 Å². The molecule has 0 aromatic rings. The van der Waals surface area contributed by atoms with Gasteiger partial charge >= 0.3 is 6.03 Å². The third-order valence-corrected chi connectivity index (χ3v) is 5.58. The van der Waals surface area contributed by atoms with Crippen LogP contribution in [0.2, 0.25) is 0 Å². The SMILES string of the molecule is CC(C)CCN(CN1C(=O)NC2(CCCCCC2)C1=O)C1CC1. The number of carbonyl (C=O) groups excluding carboxylic acids is 2. The first-order valence-electron chi connectivity index (χ1n) is 9.40. The zero-order chi connectivity index (χ0) is 16.4. The van der Waals surface area contributed by atoms with E-state index in [4.69, 9.17) is 0 Å². The molecule has 0 aromatic carbocycles. The average molecular weight is 321 g/mol. The number of urea groups is 1. The van der Waals surface area contributed by atoms with Crippen LogP contribution in [-0.4, -0.2) is 46.5 Å². The van der Waals surface area contributed by atoms with Gasteiger partial charge in [0.05, 0.1) is 6.67 Å². The molecule has 1 heterocycles. The van der Waals surface area contributed by atoms with E-state index in [9.17, 15) is 9.59 Å². The third kappa shape index (κ3) is 3.70. The number of nitrogens with one attached hydrogen (secondary N) is 1. The molecule has 2 aliphatic carbocycles. The Balaban J connectivity index is 1.66. The van der Waals surface area contributed by atoms with Gasteiger partial charge in [0.15, 0.2) is 0 Å². The van der Waals surface area contributed by atoms with Crippen molar-refractivity contribution in [3.05, 3.63) is 0 Å². The van der Waals surface area contributed by atoms with Crippen LogP contribution in [0.4, 0.5) is 4.79 Å². The van der Waals surface area contributed by atoms with Crippen molar-refractivity contribution in [2.24, 2.45) is 5.92 Å². The van der Waals surface area contributed by atoms with Gasteiger partial charge in [0.2, 0.25) is 0 Å². The van der Waals surface area contributed by atoms with Gasteiger partial charge in [-0.25, -0.2) is 9.69 Å². The largest absolute Gasteiger partial charge is 0.326 e. The minimum absolute atomic E-state index is 0.0274. The first kappa shape index (κ1) is 16.7. The molecule has 130 valence electrons. The van der Waals surface area contributed by atoms with E-state index in [0.717, 1.165) is 38.6 Å². The lowest BCUT2D eigenvalue weighted by atomic mass is 9.90. The summed E-state index contributed by atoms with van der Waals surface area (Å²) in [5, 5.41) is 3.05. The van der Waals surface area contributed by atoms with Gasteiger partial charge in [-0.1, -0.05) is 39.5 Å². The Morgan fingerprint density at radius 3 is 2.39 bits per heavy atom. The Morgan fingerprint density at radius 1 is 1.17 bits per heavy atom. The summed E-state index contributed by atoms with van der Waals surface area (Å²) in [5.74, 6) is 0.673. The first-order chi connectivity index (χ1) is 11.0. The lowest BCUT2D eigenvalue weighted by Gasteiger charge is -2.28. The Morgan fingerprint density at radius 2 is 1.83 bits per heavy atom. The van der Waals surface area contributed by atoms with Gasteiger partial charge in [-0.3, -0.25) is 9.69 Å². The predicted molar refractivity (Wildman–Crippen MR) is 89.9 cm³/mol. The minimum Gasteiger partial charge on any atom is -0.323 e. The predicted octanol–water partition coefficient (Wildman–Crippen LogP) is 3.10. The van der Waals surface area contributed by atoms with Crippen LogP contribution in [0.15, 0.2) is 0 Å². The minimum atomic E-state index is -0.596.